The Balaban J connectivity index is 2.04. The van der Waals surface area contributed by atoms with Crippen LogP contribution in [0.15, 0.2) is 0 Å². The van der Waals surface area contributed by atoms with Gasteiger partial charge in [0.05, 0.1) is 25.2 Å². The fraction of sp³-hybridized carbons (Fsp3) is 0.917. The first-order valence-electron chi connectivity index (χ1n) is 6.09. The van der Waals surface area contributed by atoms with Crippen LogP contribution in [0.3, 0.4) is 0 Å². The fourth-order valence-electron chi connectivity index (χ4n) is 2.46. The van der Waals surface area contributed by atoms with Crippen LogP contribution in [0.25, 0.3) is 0 Å². The lowest BCUT2D eigenvalue weighted by Crippen LogP contribution is -2.39. The number of hydrogen-bond donors (Lipinski definition) is 1. The van der Waals surface area contributed by atoms with Crippen LogP contribution in [0.4, 0.5) is 0 Å². The average molecular weight is 228 g/mol. The lowest BCUT2D eigenvalue weighted by molar-refractivity contribution is -0.244. The molecule has 4 heteroatoms. The third kappa shape index (κ3) is 2.29. The summed E-state index contributed by atoms with van der Waals surface area (Å²) >= 11 is 0. The number of aliphatic hydroxyl groups excluding tert-OH is 1. The predicted octanol–water partition coefficient (Wildman–Crippen LogP) is 1.26. The van der Waals surface area contributed by atoms with Crippen molar-refractivity contribution in [3.05, 3.63) is 0 Å². The normalized spacial score (nSPS) is 34.6. The van der Waals surface area contributed by atoms with E-state index in [0.29, 0.717) is 13.0 Å². The number of carbonyl (C=O) groups is 1. The summed E-state index contributed by atoms with van der Waals surface area (Å²) in [4.78, 5) is 11.0. The zero-order chi connectivity index (χ0) is 11.5. The van der Waals surface area contributed by atoms with E-state index in [2.05, 4.69) is 0 Å². The Morgan fingerprint density at radius 1 is 1.12 bits per heavy atom. The van der Waals surface area contributed by atoms with E-state index < -0.39 is 11.2 Å². The van der Waals surface area contributed by atoms with E-state index >= 15 is 0 Å². The van der Waals surface area contributed by atoms with Crippen molar-refractivity contribution in [2.75, 3.05) is 19.8 Å². The van der Waals surface area contributed by atoms with Gasteiger partial charge in [-0.3, -0.25) is 0 Å². The largest absolute Gasteiger partial charge is 0.395 e. The van der Waals surface area contributed by atoms with Crippen molar-refractivity contribution in [1.29, 1.82) is 0 Å². The third-order valence-electron chi connectivity index (χ3n) is 3.77. The molecule has 0 bridgehead atoms. The Morgan fingerprint density at radius 3 is 2.50 bits per heavy atom. The Hall–Kier alpha value is -0.450. The first-order valence-corrected chi connectivity index (χ1v) is 6.09. The molecule has 1 spiro atoms. The van der Waals surface area contributed by atoms with Crippen LogP contribution in [-0.4, -0.2) is 37.0 Å². The van der Waals surface area contributed by atoms with Crippen LogP contribution in [0, 0.1) is 5.41 Å². The highest BCUT2D eigenvalue weighted by Gasteiger charge is 2.41. The van der Waals surface area contributed by atoms with E-state index in [1.165, 1.54) is 6.42 Å². The number of aliphatic hydroxyl groups is 1. The van der Waals surface area contributed by atoms with Crippen LogP contribution in [0.2, 0.25) is 0 Å². The Bertz CT molecular complexity index is 247. The number of carbonyl (C=O) groups excluding carboxylic acids is 1. The second-order valence-electron chi connectivity index (χ2n) is 5.00. The van der Waals surface area contributed by atoms with Gasteiger partial charge in [0.1, 0.15) is 6.29 Å². The molecule has 1 aliphatic carbocycles. The molecule has 0 aromatic carbocycles. The summed E-state index contributed by atoms with van der Waals surface area (Å²) in [6.07, 6.45) is 6.65. The van der Waals surface area contributed by atoms with Gasteiger partial charge in [0.25, 0.3) is 0 Å². The second-order valence-corrected chi connectivity index (χ2v) is 5.00. The van der Waals surface area contributed by atoms with Crippen LogP contribution in [-0.2, 0) is 14.3 Å². The molecule has 1 aliphatic heterocycles. The predicted molar refractivity (Wildman–Crippen MR) is 57.9 cm³/mol. The highest BCUT2D eigenvalue weighted by atomic mass is 16.7. The molecule has 92 valence electrons. The molecule has 2 rings (SSSR count). The Labute approximate surface area is 95.9 Å². The highest BCUT2D eigenvalue weighted by molar-refractivity contribution is 5.59. The van der Waals surface area contributed by atoms with Gasteiger partial charge < -0.3 is 19.4 Å². The van der Waals surface area contributed by atoms with Gasteiger partial charge in [0.15, 0.2) is 5.79 Å². The molecule has 4 nitrogen and oxygen atoms in total. The summed E-state index contributed by atoms with van der Waals surface area (Å²) in [5.41, 5.74) is -0.749. The summed E-state index contributed by atoms with van der Waals surface area (Å²) in [6.45, 7) is 0.627. The van der Waals surface area contributed by atoms with Gasteiger partial charge in [-0.25, -0.2) is 0 Å². The molecular weight excluding hydrogens is 208 g/mol. The minimum absolute atomic E-state index is 0.157. The van der Waals surface area contributed by atoms with Gasteiger partial charge in [-0.2, -0.15) is 0 Å². The average Bonchev–Trinajstić information content (AvgIpc) is 2.52. The van der Waals surface area contributed by atoms with Gasteiger partial charge in [0, 0.05) is 12.8 Å². The maximum absolute atomic E-state index is 11.0. The van der Waals surface area contributed by atoms with Gasteiger partial charge in [-0.15, -0.1) is 0 Å². The standard InChI is InChI=1S/C12H20O4/c13-8-11(9-14)6-7-15-12(16-10-11)4-2-1-3-5-12/h8,14H,1-7,9-10H2. The van der Waals surface area contributed by atoms with E-state index in [4.69, 9.17) is 9.47 Å². The molecule has 1 saturated heterocycles. The topological polar surface area (TPSA) is 55.8 Å². The van der Waals surface area contributed by atoms with E-state index in [1.54, 1.807) is 0 Å². The Kier molecular flexibility index (Phi) is 3.62. The van der Waals surface area contributed by atoms with E-state index in [9.17, 15) is 9.90 Å². The summed E-state index contributed by atoms with van der Waals surface area (Å²) in [6, 6.07) is 0. The van der Waals surface area contributed by atoms with E-state index in [0.717, 1.165) is 32.0 Å². The smallest absolute Gasteiger partial charge is 0.168 e. The lowest BCUT2D eigenvalue weighted by Gasteiger charge is -2.36. The van der Waals surface area contributed by atoms with Crippen molar-refractivity contribution in [1.82, 2.24) is 0 Å². The Morgan fingerprint density at radius 2 is 1.88 bits per heavy atom. The quantitative estimate of drug-likeness (QED) is 0.723. The minimum atomic E-state index is -0.749. The van der Waals surface area contributed by atoms with Crippen LogP contribution < -0.4 is 0 Å². The van der Waals surface area contributed by atoms with Crippen molar-refractivity contribution < 1.29 is 19.4 Å². The number of rotatable bonds is 2. The molecule has 1 unspecified atom stereocenters. The summed E-state index contributed by atoms with van der Waals surface area (Å²) in [5, 5.41) is 9.29. The van der Waals surface area contributed by atoms with Crippen molar-refractivity contribution >= 4 is 6.29 Å². The van der Waals surface area contributed by atoms with Crippen LogP contribution in [0.1, 0.15) is 38.5 Å². The maximum atomic E-state index is 11.0. The number of hydrogen-bond acceptors (Lipinski definition) is 4. The molecule has 0 aromatic rings. The van der Waals surface area contributed by atoms with Gasteiger partial charge >= 0.3 is 0 Å². The lowest BCUT2D eigenvalue weighted by atomic mass is 9.88. The summed E-state index contributed by atoms with van der Waals surface area (Å²) in [5.74, 6) is -0.474. The first-order chi connectivity index (χ1) is 7.74. The zero-order valence-corrected chi connectivity index (χ0v) is 9.61. The maximum Gasteiger partial charge on any atom is 0.168 e. The molecule has 2 fully saturated rings. The zero-order valence-electron chi connectivity index (χ0n) is 9.61. The van der Waals surface area contributed by atoms with Crippen molar-refractivity contribution in [2.45, 2.75) is 44.3 Å². The monoisotopic (exact) mass is 228 g/mol. The van der Waals surface area contributed by atoms with E-state index in [-0.39, 0.29) is 13.2 Å². The van der Waals surface area contributed by atoms with Crippen LogP contribution >= 0.6 is 0 Å². The number of ether oxygens (including phenoxy) is 2. The van der Waals surface area contributed by atoms with Crippen molar-refractivity contribution in [3.63, 3.8) is 0 Å². The summed E-state index contributed by atoms with van der Waals surface area (Å²) < 4.78 is 11.6. The molecule has 0 aromatic heterocycles. The molecule has 2 aliphatic rings. The third-order valence-corrected chi connectivity index (χ3v) is 3.77. The first kappa shape index (κ1) is 12.0. The van der Waals surface area contributed by atoms with Crippen molar-refractivity contribution in [3.8, 4) is 0 Å². The van der Waals surface area contributed by atoms with Gasteiger partial charge in [0.2, 0.25) is 0 Å². The molecule has 1 N–H and O–H groups in total. The molecule has 16 heavy (non-hydrogen) atoms. The van der Waals surface area contributed by atoms with Gasteiger partial charge in [-0.1, -0.05) is 6.42 Å². The molecule has 0 amide bonds. The highest BCUT2D eigenvalue weighted by Crippen LogP contribution is 2.37. The van der Waals surface area contributed by atoms with Crippen LogP contribution in [0.5, 0.6) is 0 Å². The summed E-state index contributed by atoms with van der Waals surface area (Å²) in [7, 11) is 0. The van der Waals surface area contributed by atoms with E-state index in [1.807, 2.05) is 0 Å². The molecule has 1 saturated carbocycles. The minimum Gasteiger partial charge on any atom is -0.395 e. The number of aldehydes is 1. The molecule has 1 atom stereocenters. The SMILES string of the molecule is O=CC1(CO)CCOC2(CCCCC2)OC1. The molecule has 1 heterocycles. The molecular formula is C12H20O4. The fourth-order valence-corrected chi connectivity index (χ4v) is 2.46. The second kappa shape index (κ2) is 4.82. The van der Waals surface area contributed by atoms with Crippen molar-refractivity contribution in [2.24, 2.45) is 5.41 Å². The van der Waals surface area contributed by atoms with Gasteiger partial charge in [-0.05, 0) is 19.3 Å². The molecule has 0 radical (unpaired) electrons.